The van der Waals surface area contributed by atoms with E-state index in [0.29, 0.717) is 0 Å². The maximum absolute atomic E-state index is 8.52. The zero-order valence-electron chi connectivity index (χ0n) is 7.20. The van der Waals surface area contributed by atoms with E-state index in [9.17, 15) is 0 Å². The molecule has 0 aromatic rings. The molecule has 1 radical (unpaired) electrons. The van der Waals surface area contributed by atoms with Crippen molar-refractivity contribution in [2.75, 3.05) is 0 Å². The quantitative estimate of drug-likeness (QED) is 0.211. The molecule has 0 atom stereocenters. The van der Waals surface area contributed by atoms with Crippen LogP contribution >= 0.6 is 0 Å². The van der Waals surface area contributed by atoms with E-state index in [0.717, 1.165) is 0 Å². The molecule has 17 heavy (non-hydrogen) atoms. The third-order valence-corrected chi connectivity index (χ3v) is 0. The fourth-order valence-electron chi connectivity index (χ4n) is 0. The first-order valence-corrected chi connectivity index (χ1v) is 4.00. The molecule has 121 valence electrons. The minimum absolute atomic E-state index is 0. The van der Waals surface area contributed by atoms with Gasteiger partial charge in [0.15, 0.2) is 0 Å². The van der Waals surface area contributed by atoms with Crippen LogP contribution in [-0.4, -0.2) is 62.4 Å². The van der Waals surface area contributed by atoms with Gasteiger partial charge in [0.1, 0.15) is 0 Å². The van der Waals surface area contributed by atoms with Crippen LogP contribution in [-0.2, 0) is 54.4 Å². The summed E-state index contributed by atoms with van der Waals surface area (Å²) in [6, 6.07) is 0. The average molecular weight is 404 g/mol. The van der Waals surface area contributed by atoms with Crippen LogP contribution in [0.25, 0.3) is 0 Å². The summed E-state index contributed by atoms with van der Waals surface area (Å²) in [6.07, 6.45) is 0. The summed E-state index contributed by atoms with van der Waals surface area (Å²) in [6.45, 7) is 0. The van der Waals surface area contributed by atoms with Crippen LogP contribution in [0.2, 0.25) is 0 Å². The summed E-state index contributed by atoms with van der Waals surface area (Å²) < 4.78 is 68.2. The molecule has 0 aromatic heterocycles. The van der Waals surface area contributed by atoms with Crippen molar-refractivity contribution in [3.05, 3.63) is 0 Å². The Balaban J connectivity index is -0.00000000762. The van der Waals surface area contributed by atoms with Gasteiger partial charge in [-0.25, -0.2) is 0 Å². The third kappa shape index (κ3) is 11500. The van der Waals surface area contributed by atoms with Crippen molar-refractivity contribution in [2.24, 2.45) is 0 Å². The van der Waals surface area contributed by atoms with Crippen molar-refractivity contribution in [2.45, 2.75) is 0 Å². The first kappa shape index (κ1) is 65.7. The van der Waals surface area contributed by atoms with Gasteiger partial charge in [0.2, 0.25) is 0 Å². The largest absolute Gasteiger partial charge is 2.00 e. The third-order valence-electron chi connectivity index (χ3n) is 0. The van der Waals surface area contributed by atoms with E-state index in [1.807, 2.05) is 0 Å². The van der Waals surface area contributed by atoms with Crippen LogP contribution in [0.4, 0.5) is 0 Å². The first-order chi connectivity index (χ1) is 4.00. The molecule has 0 saturated carbocycles. The standard InChI is InChI=1S/Cu.Ni.2H2O4S.5H2O/c;;2*1-5(2,3)4;;;;;/h;;2*(H2,1,2,3,4);5*1H2/q2*+2;;;;;;;/p-4. The molecule has 0 saturated heterocycles. The van der Waals surface area contributed by atoms with Gasteiger partial charge in [0, 0.05) is 20.8 Å². The van der Waals surface area contributed by atoms with Gasteiger partial charge in [-0.15, -0.1) is 0 Å². The zero-order chi connectivity index (χ0) is 9.00. The summed E-state index contributed by atoms with van der Waals surface area (Å²) in [7, 11) is -10.3. The van der Waals surface area contributed by atoms with Gasteiger partial charge in [0.05, 0.1) is 0 Å². The molecule has 0 amide bonds. The summed E-state index contributed by atoms with van der Waals surface area (Å²) in [5.74, 6) is 0. The second-order valence-electron chi connectivity index (χ2n) is 0.816. The monoisotopic (exact) mass is 403 g/mol. The fourth-order valence-corrected chi connectivity index (χ4v) is 0. The molecule has 0 aliphatic heterocycles. The van der Waals surface area contributed by atoms with E-state index in [4.69, 9.17) is 35.0 Å². The van der Waals surface area contributed by atoms with E-state index >= 15 is 0 Å². The van der Waals surface area contributed by atoms with E-state index in [2.05, 4.69) is 0 Å². The molecular formula is H10CuNiO13S2. The predicted octanol–water partition coefficient (Wildman–Crippen LogP) is -6.80. The van der Waals surface area contributed by atoms with E-state index in [1.54, 1.807) is 0 Å². The van der Waals surface area contributed by atoms with Gasteiger partial charge in [-0.2, -0.15) is 0 Å². The Bertz CT molecular complexity index is 216. The molecule has 10 N–H and O–H groups in total. The minimum Gasteiger partial charge on any atom is -0.759 e. The van der Waals surface area contributed by atoms with Gasteiger partial charge in [0.25, 0.3) is 0 Å². The van der Waals surface area contributed by atoms with Gasteiger partial charge in [-0.05, 0) is 0 Å². The van der Waals surface area contributed by atoms with Crippen molar-refractivity contribution in [3.8, 4) is 0 Å². The molecule has 0 aliphatic carbocycles. The second kappa shape index (κ2) is 25.4. The molecule has 0 fully saturated rings. The van der Waals surface area contributed by atoms with E-state index in [-0.39, 0.29) is 60.9 Å². The molecule has 0 aliphatic rings. The topological polar surface area (TPSA) is 318 Å². The van der Waals surface area contributed by atoms with E-state index in [1.165, 1.54) is 0 Å². The van der Waals surface area contributed by atoms with Crippen molar-refractivity contribution in [3.63, 3.8) is 0 Å². The Morgan fingerprint density at radius 1 is 0.529 bits per heavy atom. The van der Waals surface area contributed by atoms with Gasteiger partial charge >= 0.3 is 33.6 Å². The normalized spacial score (nSPS) is 6.82. The van der Waals surface area contributed by atoms with Crippen LogP contribution in [0, 0.1) is 0 Å². The van der Waals surface area contributed by atoms with E-state index < -0.39 is 20.8 Å². The molecule has 0 unspecified atom stereocenters. The number of hydrogen-bond acceptors (Lipinski definition) is 8. The predicted molar refractivity (Wildman–Crippen MR) is 39.0 cm³/mol. The summed E-state index contributed by atoms with van der Waals surface area (Å²) >= 11 is 0. The number of rotatable bonds is 0. The van der Waals surface area contributed by atoms with Crippen LogP contribution in [0.3, 0.4) is 0 Å². The number of hydrogen-bond donors (Lipinski definition) is 0. The molecule has 0 spiro atoms. The Hall–Kier alpha value is 0.553. The molecule has 0 aromatic carbocycles. The average Bonchev–Trinajstić information content (AvgIpc) is 1.12. The van der Waals surface area contributed by atoms with Gasteiger partial charge < -0.3 is 45.6 Å². The maximum atomic E-state index is 8.52. The van der Waals surface area contributed by atoms with Crippen LogP contribution in [0.5, 0.6) is 0 Å². The van der Waals surface area contributed by atoms with Crippen LogP contribution in [0.15, 0.2) is 0 Å². The molecule has 0 rings (SSSR count). The van der Waals surface area contributed by atoms with Crippen molar-refractivity contribution >= 4 is 20.8 Å². The maximum Gasteiger partial charge on any atom is 2.00 e. The molecule has 0 heterocycles. The summed E-state index contributed by atoms with van der Waals surface area (Å²) in [5, 5.41) is 0. The Kier molecular flexibility index (Phi) is 98.3. The summed E-state index contributed by atoms with van der Waals surface area (Å²) in [4.78, 5) is 0. The van der Waals surface area contributed by atoms with Gasteiger partial charge in [-0.1, -0.05) is 0 Å². The molecule has 13 nitrogen and oxygen atoms in total. The molecule has 0 bridgehead atoms. The fraction of sp³-hybridized carbons (Fsp3) is 0. The smallest absolute Gasteiger partial charge is 0.759 e. The molecule has 17 heteroatoms. The Morgan fingerprint density at radius 3 is 0.529 bits per heavy atom. The van der Waals surface area contributed by atoms with Crippen LogP contribution in [0.1, 0.15) is 0 Å². The Morgan fingerprint density at radius 2 is 0.529 bits per heavy atom. The minimum atomic E-state index is -5.17. The van der Waals surface area contributed by atoms with Crippen LogP contribution < -0.4 is 0 Å². The molecular weight excluding hydrogens is 394 g/mol. The summed E-state index contributed by atoms with van der Waals surface area (Å²) in [5.41, 5.74) is 0. The van der Waals surface area contributed by atoms with Gasteiger partial charge in [-0.3, -0.25) is 16.8 Å². The van der Waals surface area contributed by atoms with Crippen molar-refractivity contribution in [1.29, 1.82) is 0 Å². The SMILES string of the molecule is O.O.O.O.O.O=S(=O)([O-])[O-].O=S(=O)([O-])[O-].[Cu+2].[Ni+2]. The van der Waals surface area contributed by atoms with Crippen molar-refractivity contribution in [1.82, 2.24) is 0 Å². The Labute approximate surface area is 117 Å². The first-order valence-electron chi connectivity index (χ1n) is 1.33. The van der Waals surface area contributed by atoms with Crippen molar-refractivity contribution < 1.29 is 96.0 Å². The zero-order valence-corrected chi connectivity index (χ0v) is 10.8. The second-order valence-corrected chi connectivity index (χ2v) is 2.45.